The number of hydrogen-bond acceptors (Lipinski definition) is 6. The maximum absolute atomic E-state index is 12.1. The SMILES string of the molecule is Cc1nnc(S[C@H](C)C(=O)Nc2nccs2)n1CC(C)C. The van der Waals surface area contributed by atoms with Crippen LogP contribution in [0.4, 0.5) is 5.13 Å². The third kappa shape index (κ3) is 4.28. The number of nitrogens with one attached hydrogen (secondary N) is 1. The van der Waals surface area contributed by atoms with Gasteiger partial charge in [-0.2, -0.15) is 0 Å². The second-order valence-electron chi connectivity index (χ2n) is 5.12. The van der Waals surface area contributed by atoms with Crippen LogP contribution in [0.2, 0.25) is 0 Å². The number of hydrogen-bond donors (Lipinski definition) is 1. The quantitative estimate of drug-likeness (QED) is 0.827. The summed E-state index contributed by atoms with van der Waals surface area (Å²) < 4.78 is 2.06. The third-order valence-corrected chi connectivity index (χ3v) is 4.53. The van der Waals surface area contributed by atoms with E-state index in [1.807, 2.05) is 19.2 Å². The molecular weight excluding hydrogens is 306 g/mol. The number of anilines is 1. The summed E-state index contributed by atoms with van der Waals surface area (Å²) in [4.78, 5) is 16.2. The smallest absolute Gasteiger partial charge is 0.239 e. The van der Waals surface area contributed by atoms with E-state index in [0.717, 1.165) is 17.5 Å². The minimum atomic E-state index is -0.261. The van der Waals surface area contributed by atoms with Crippen molar-refractivity contribution in [2.75, 3.05) is 5.32 Å². The molecule has 0 aromatic carbocycles. The fourth-order valence-corrected chi connectivity index (χ4v) is 3.16. The molecule has 0 unspecified atom stereocenters. The van der Waals surface area contributed by atoms with Crippen molar-refractivity contribution in [3.63, 3.8) is 0 Å². The molecule has 8 heteroatoms. The zero-order valence-electron chi connectivity index (χ0n) is 12.5. The molecule has 2 aromatic heterocycles. The fraction of sp³-hybridized carbons (Fsp3) is 0.538. The van der Waals surface area contributed by atoms with Gasteiger partial charge in [0, 0.05) is 18.1 Å². The highest BCUT2D eigenvalue weighted by Gasteiger charge is 2.20. The Bertz CT molecular complexity index is 594. The van der Waals surface area contributed by atoms with Crippen molar-refractivity contribution in [1.29, 1.82) is 0 Å². The molecule has 6 nitrogen and oxygen atoms in total. The van der Waals surface area contributed by atoms with Crippen LogP contribution in [-0.4, -0.2) is 30.9 Å². The normalized spacial score (nSPS) is 12.6. The molecular formula is C13H19N5OS2. The molecule has 0 aliphatic carbocycles. The monoisotopic (exact) mass is 325 g/mol. The predicted octanol–water partition coefficient (Wildman–Crippen LogP) is 2.82. The van der Waals surface area contributed by atoms with Gasteiger partial charge in [-0.15, -0.1) is 21.5 Å². The minimum absolute atomic E-state index is 0.0771. The summed E-state index contributed by atoms with van der Waals surface area (Å²) in [7, 11) is 0. The van der Waals surface area contributed by atoms with Gasteiger partial charge < -0.3 is 9.88 Å². The second kappa shape index (κ2) is 7.04. The Morgan fingerprint density at radius 3 is 2.81 bits per heavy atom. The van der Waals surface area contributed by atoms with Crippen molar-refractivity contribution >= 4 is 34.1 Å². The Balaban J connectivity index is 2.02. The van der Waals surface area contributed by atoms with Crippen LogP contribution in [0.15, 0.2) is 16.7 Å². The maximum Gasteiger partial charge on any atom is 0.239 e. The van der Waals surface area contributed by atoms with Crippen LogP contribution in [0.25, 0.3) is 0 Å². The van der Waals surface area contributed by atoms with Gasteiger partial charge in [-0.25, -0.2) is 4.98 Å². The molecule has 0 spiro atoms. The van der Waals surface area contributed by atoms with Crippen LogP contribution in [0, 0.1) is 12.8 Å². The van der Waals surface area contributed by atoms with Crippen LogP contribution < -0.4 is 5.32 Å². The fourth-order valence-electron chi connectivity index (χ4n) is 1.73. The number of carbonyl (C=O) groups excluding carboxylic acids is 1. The highest BCUT2D eigenvalue weighted by Crippen LogP contribution is 2.24. The van der Waals surface area contributed by atoms with Crippen LogP contribution in [-0.2, 0) is 11.3 Å². The summed E-state index contributed by atoms with van der Waals surface area (Å²) in [5, 5.41) is 14.0. The van der Waals surface area contributed by atoms with E-state index in [9.17, 15) is 4.79 Å². The summed E-state index contributed by atoms with van der Waals surface area (Å²) in [5.74, 6) is 1.30. The molecule has 0 fully saturated rings. The molecule has 2 aromatic rings. The standard InChI is InChI=1S/C13H19N5OS2/c1-8(2)7-18-10(4)16-17-13(18)21-9(3)11(19)15-12-14-5-6-20-12/h5-6,8-9H,7H2,1-4H3,(H,14,15,19)/t9-/m1/s1. The van der Waals surface area contributed by atoms with Crippen molar-refractivity contribution in [3.05, 3.63) is 17.4 Å². The first-order valence-corrected chi connectivity index (χ1v) is 8.50. The number of aryl methyl sites for hydroxylation is 1. The van der Waals surface area contributed by atoms with Gasteiger partial charge in [0.25, 0.3) is 0 Å². The average Bonchev–Trinajstić information content (AvgIpc) is 3.03. The molecule has 1 amide bonds. The van der Waals surface area contributed by atoms with E-state index in [1.54, 1.807) is 6.20 Å². The molecule has 0 radical (unpaired) electrons. The molecule has 1 atom stereocenters. The zero-order chi connectivity index (χ0) is 15.4. The Kier molecular flexibility index (Phi) is 5.35. The lowest BCUT2D eigenvalue weighted by atomic mass is 10.2. The lowest BCUT2D eigenvalue weighted by Crippen LogP contribution is -2.23. The first-order chi connectivity index (χ1) is 9.97. The number of amides is 1. The Labute approximate surface area is 132 Å². The molecule has 21 heavy (non-hydrogen) atoms. The highest BCUT2D eigenvalue weighted by molar-refractivity contribution is 8.00. The van der Waals surface area contributed by atoms with Gasteiger partial charge >= 0.3 is 0 Å². The topological polar surface area (TPSA) is 72.7 Å². The summed E-state index contributed by atoms with van der Waals surface area (Å²) >= 11 is 2.82. The van der Waals surface area contributed by atoms with Crippen molar-refractivity contribution in [1.82, 2.24) is 19.7 Å². The van der Waals surface area contributed by atoms with Gasteiger partial charge in [0.15, 0.2) is 10.3 Å². The molecule has 2 rings (SSSR count). The van der Waals surface area contributed by atoms with Gasteiger partial charge in [0.2, 0.25) is 5.91 Å². The van der Waals surface area contributed by atoms with Gasteiger partial charge in [-0.05, 0) is 19.8 Å². The van der Waals surface area contributed by atoms with E-state index in [4.69, 9.17) is 0 Å². The van der Waals surface area contributed by atoms with Crippen LogP contribution in [0.3, 0.4) is 0 Å². The number of rotatable bonds is 6. The zero-order valence-corrected chi connectivity index (χ0v) is 14.2. The van der Waals surface area contributed by atoms with Crippen molar-refractivity contribution in [3.8, 4) is 0 Å². The van der Waals surface area contributed by atoms with E-state index in [0.29, 0.717) is 11.0 Å². The van der Waals surface area contributed by atoms with E-state index < -0.39 is 0 Å². The minimum Gasteiger partial charge on any atom is -0.306 e. The number of aromatic nitrogens is 4. The Morgan fingerprint density at radius 1 is 1.43 bits per heavy atom. The molecule has 2 heterocycles. The van der Waals surface area contributed by atoms with Crippen molar-refractivity contribution in [2.24, 2.45) is 5.92 Å². The lowest BCUT2D eigenvalue weighted by Gasteiger charge is -2.13. The van der Waals surface area contributed by atoms with Crippen molar-refractivity contribution in [2.45, 2.75) is 44.6 Å². The van der Waals surface area contributed by atoms with Crippen LogP contribution in [0.5, 0.6) is 0 Å². The molecule has 0 aliphatic heterocycles. The largest absolute Gasteiger partial charge is 0.306 e. The van der Waals surface area contributed by atoms with E-state index in [1.165, 1.54) is 23.1 Å². The Hall–Kier alpha value is -1.41. The molecule has 0 saturated carbocycles. The van der Waals surface area contributed by atoms with Gasteiger partial charge in [-0.3, -0.25) is 4.79 Å². The first-order valence-electron chi connectivity index (χ1n) is 6.74. The number of thiazole rings is 1. The van der Waals surface area contributed by atoms with Crippen LogP contribution in [0.1, 0.15) is 26.6 Å². The predicted molar refractivity (Wildman–Crippen MR) is 85.7 cm³/mol. The Morgan fingerprint density at radius 2 is 2.19 bits per heavy atom. The van der Waals surface area contributed by atoms with Gasteiger partial charge in [0.05, 0.1) is 5.25 Å². The molecule has 0 saturated heterocycles. The number of thioether (sulfide) groups is 1. The highest BCUT2D eigenvalue weighted by atomic mass is 32.2. The van der Waals surface area contributed by atoms with Gasteiger partial charge in [0.1, 0.15) is 5.82 Å². The molecule has 1 N–H and O–H groups in total. The summed E-state index contributed by atoms with van der Waals surface area (Å²) in [5.41, 5.74) is 0. The molecule has 0 bridgehead atoms. The average molecular weight is 325 g/mol. The molecule has 0 aliphatic rings. The summed E-state index contributed by atoms with van der Waals surface area (Å²) in [6.07, 6.45) is 1.67. The first kappa shape index (κ1) is 16.0. The van der Waals surface area contributed by atoms with E-state index in [-0.39, 0.29) is 11.2 Å². The van der Waals surface area contributed by atoms with E-state index in [2.05, 4.69) is 38.9 Å². The number of nitrogens with zero attached hydrogens (tertiary/aromatic N) is 4. The third-order valence-electron chi connectivity index (χ3n) is 2.76. The maximum atomic E-state index is 12.1. The summed E-state index contributed by atoms with van der Waals surface area (Å²) in [6, 6.07) is 0. The van der Waals surface area contributed by atoms with Crippen LogP contribution >= 0.6 is 23.1 Å². The summed E-state index contributed by atoms with van der Waals surface area (Å²) in [6.45, 7) is 8.93. The second-order valence-corrected chi connectivity index (χ2v) is 7.32. The van der Waals surface area contributed by atoms with E-state index >= 15 is 0 Å². The lowest BCUT2D eigenvalue weighted by molar-refractivity contribution is -0.115. The van der Waals surface area contributed by atoms with Gasteiger partial charge in [-0.1, -0.05) is 25.6 Å². The molecule has 114 valence electrons. The van der Waals surface area contributed by atoms with Crippen molar-refractivity contribution < 1.29 is 4.79 Å². The number of carbonyl (C=O) groups is 1.